The van der Waals surface area contributed by atoms with Crippen molar-refractivity contribution in [3.05, 3.63) is 23.8 Å². The van der Waals surface area contributed by atoms with Gasteiger partial charge in [0, 0.05) is 64.6 Å². The smallest absolute Gasteiger partial charge is 0.127 e. The zero-order valence-electron chi connectivity index (χ0n) is 16.9. The van der Waals surface area contributed by atoms with E-state index >= 15 is 0 Å². The van der Waals surface area contributed by atoms with Gasteiger partial charge in [-0.15, -0.1) is 0 Å². The van der Waals surface area contributed by atoms with Crippen LogP contribution in [0.25, 0.3) is 0 Å². The predicted octanol–water partition coefficient (Wildman–Crippen LogP) is 0.808. The second kappa shape index (κ2) is 12.2. The number of β-amino-alcohol motifs (C(OH)–C–C–N with tert-alkyl or cyclic N) is 1. The Hall–Kier alpha value is -1.38. The summed E-state index contributed by atoms with van der Waals surface area (Å²) in [5.41, 5.74) is 1.06. The summed E-state index contributed by atoms with van der Waals surface area (Å²) < 4.78 is 16.3. The summed E-state index contributed by atoms with van der Waals surface area (Å²) in [5.74, 6) is 1.51. The molecular weight excluding hydrogens is 346 g/mol. The molecule has 0 bridgehead atoms. The SMILES string of the molecule is COCCCNCc1ccc(OC)cc1OC[C@@H](O)CN1CCN(C)CC1. The summed E-state index contributed by atoms with van der Waals surface area (Å²) in [6, 6.07) is 5.82. The lowest BCUT2D eigenvalue weighted by atomic mass is 10.2. The normalized spacial score (nSPS) is 17.0. The van der Waals surface area contributed by atoms with E-state index in [0.717, 1.165) is 62.8 Å². The highest BCUT2D eigenvalue weighted by Gasteiger charge is 2.18. The number of nitrogens with zero attached hydrogens (tertiary/aromatic N) is 2. The van der Waals surface area contributed by atoms with Crippen LogP contribution in [-0.4, -0.2) is 94.8 Å². The molecule has 1 aliphatic rings. The molecule has 154 valence electrons. The lowest BCUT2D eigenvalue weighted by Gasteiger charge is -2.33. The average molecular weight is 382 g/mol. The molecule has 1 fully saturated rings. The van der Waals surface area contributed by atoms with Crippen LogP contribution >= 0.6 is 0 Å². The van der Waals surface area contributed by atoms with Crippen LogP contribution in [0.4, 0.5) is 0 Å². The molecule has 1 atom stereocenters. The van der Waals surface area contributed by atoms with Crippen molar-refractivity contribution in [1.82, 2.24) is 15.1 Å². The van der Waals surface area contributed by atoms with Gasteiger partial charge >= 0.3 is 0 Å². The molecule has 2 rings (SSSR count). The summed E-state index contributed by atoms with van der Waals surface area (Å²) in [4.78, 5) is 4.60. The summed E-state index contributed by atoms with van der Waals surface area (Å²) >= 11 is 0. The number of likely N-dealkylation sites (N-methyl/N-ethyl adjacent to an activating group) is 1. The van der Waals surface area contributed by atoms with Gasteiger partial charge in [0.15, 0.2) is 0 Å². The summed E-state index contributed by atoms with van der Waals surface area (Å²) in [5, 5.41) is 13.8. The van der Waals surface area contributed by atoms with E-state index in [2.05, 4.69) is 22.2 Å². The molecule has 1 aromatic rings. The Labute approximate surface area is 163 Å². The second-order valence-corrected chi connectivity index (χ2v) is 7.07. The fourth-order valence-corrected chi connectivity index (χ4v) is 3.07. The Morgan fingerprint density at radius 1 is 1.19 bits per heavy atom. The van der Waals surface area contributed by atoms with Gasteiger partial charge in [-0.25, -0.2) is 0 Å². The number of aliphatic hydroxyl groups is 1. The molecule has 2 N–H and O–H groups in total. The van der Waals surface area contributed by atoms with Crippen LogP contribution in [0.3, 0.4) is 0 Å². The Bertz CT molecular complexity index is 536. The number of methoxy groups -OCH3 is 2. The van der Waals surface area contributed by atoms with Crippen LogP contribution in [0.1, 0.15) is 12.0 Å². The van der Waals surface area contributed by atoms with E-state index in [-0.39, 0.29) is 6.61 Å². The number of ether oxygens (including phenoxy) is 3. The third-order valence-corrected chi connectivity index (χ3v) is 4.79. The Morgan fingerprint density at radius 2 is 1.96 bits per heavy atom. The lowest BCUT2D eigenvalue weighted by Crippen LogP contribution is -2.47. The van der Waals surface area contributed by atoms with E-state index in [4.69, 9.17) is 14.2 Å². The van der Waals surface area contributed by atoms with Gasteiger partial charge in [-0.3, -0.25) is 4.90 Å². The third-order valence-electron chi connectivity index (χ3n) is 4.79. The number of hydrogen-bond donors (Lipinski definition) is 2. The maximum Gasteiger partial charge on any atom is 0.127 e. The quantitative estimate of drug-likeness (QED) is 0.520. The first-order valence-corrected chi connectivity index (χ1v) is 9.70. The molecule has 1 heterocycles. The third kappa shape index (κ3) is 8.02. The molecule has 0 spiro atoms. The number of nitrogens with one attached hydrogen (secondary N) is 1. The molecular formula is C20H35N3O4. The minimum Gasteiger partial charge on any atom is -0.497 e. The van der Waals surface area contributed by atoms with E-state index < -0.39 is 6.10 Å². The maximum absolute atomic E-state index is 10.4. The molecule has 0 saturated carbocycles. The molecule has 0 amide bonds. The van der Waals surface area contributed by atoms with Crippen LogP contribution in [0.5, 0.6) is 11.5 Å². The van der Waals surface area contributed by atoms with E-state index in [1.165, 1.54) is 0 Å². The highest BCUT2D eigenvalue weighted by atomic mass is 16.5. The fraction of sp³-hybridized carbons (Fsp3) is 0.700. The van der Waals surface area contributed by atoms with E-state index in [1.54, 1.807) is 14.2 Å². The number of hydrogen-bond acceptors (Lipinski definition) is 7. The van der Waals surface area contributed by atoms with Crippen molar-refractivity contribution >= 4 is 0 Å². The molecule has 0 unspecified atom stereocenters. The van der Waals surface area contributed by atoms with Gasteiger partial charge < -0.3 is 29.5 Å². The first kappa shape index (κ1) is 21.9. The van der Waals surface area contributed by atoms with Gasteiger partial charge in [0.25, 0.3) is 0 Å². The zero-order chi connectivity index (χ0) is 19.5. The van der Waals surface area contributed by atoms with Crippen molar-refractivity contribution in [3.8, 4) is 11.5 Å². The largest absolute Gasteiger partial charge is 0.497 e. The molecule has 0 radical (unpaired) electrons. The van der Waals surface area contributed by atoms with Crippen LogP contribution < -0.4 is 14.8 Å². The number of piperazine rings is 1. The minimum absolute atomic E-state index is 0.274. The van der Waals surface area contributed by atoms with Gasteiger partial charge in [0.2, 0.25) is 0 Å². The van der Waals surface area contributed by atoms with Crippen molar-refractivity contribution < 1.29 is 19.3 Å². The number of rotatable bonds is 12. The topological polar surface area (TPSA) is 66.4 Å². The highest BCUT2D eigenvalue weighted by molar-refractivity contribution is 5.40. The molecule has 0 aromatic heterocycles. The van der Waals surface area contributed by atoms with Crippen molar-refractivity contribution in [2.75, 3.05) is 73.7 Å². The summed E-state index contributed by atoms with van der Waals surface area (Å²) in [6.45, 7) is 7.32. The first-order chi connectivity index (χ1) is 13.1. The number of aliphatic hydroxyl groups excluding tert-OH is 1. The van der Waals surface area contributed by atoms with Crippen LogP contribution in [-0.2, 0) is 11.3 Å². The minimum atomic E-state index is -0.512. The molecule has 1 aliphatic heterocycles. The molecule has 7 heteroatoms. The van der Waals surface area contributed by atoms with Crippen LogP contribution in [0.2, 0.25) is 0 Å². The monoisotopic (exact) mass is 381 g/mol. The van der Waals surface area contributed by atoms with E-state index in [9.17, 15) is 5.11 Å². The fourth-order valence-electron chi connectivity index (χ4n) is 3.07. The van der Waals surface area contributed by atoms with Crippen molar-refractivity contribution in [3.63, 3.8) is 0 Å². The second-order valence-electron chi connectivity index (χ2n) is 7.07. The Morgan fingerprint density at radius 3 is 2.67 bits per heavy atom. The molecule has 27 heavy (non-hydrogen) atoms. The Kier molecular flexibility index (Phi) is 9.86. The van der Waals surface area contributed by atoms with Gasteiger partial charge in [0.05, 0.1) is 7.11 Å². The van der Waals surface area contributed by atoms with Crippen molar-refractivity contribution in [2.45, 2.75) is 19.1 Å². The van der Waals surface area contributed by atoms with E-state index in [0.29, 0.717) is 13.1 Å². The van der Waals surface area contributed by atoms with Gasteiger partial charge in [-0.1, -0.05) is 6.07 Å². The van der Waals surface area contributed by atoms with Gasteiger partial charge in [-0.2, -0.15) is 0 Å². The first-order valence-electron chi connectivity index (χ1n) is 9.70. The molecule has 1 saturated heterocycles. The van der Waals surface area contributed by atoms with Gasteiger partial charge in [-0.05, 0) is 26.1 Å². The molecule has 1 aromatic carbocycles. The zero-order valence-corrected chi connectivity index (χ0v) is 16.9. The van der Waals surface area contributed by atoms with Crippen LogP contribution in [0.15, 0.2) is 18.2 Å². The average Bonchev–Trinajstić information content (AvgIpc) is 2.68. The maximum atomic E-state index is 10.4. The number of benzene rings is 1. The van der Waals surface area contributed by atoms with E-state index in [1.807, 2.05) is 18.2 Å². The molecule has 0 aliphatic carbocycles. The lowest BCUT2D eigenvalue weighted by molar-refractivity contribution is 0.0501. The predicted molar refractivity (Wildman–Crippen MR) is 107 cm³/mol. The highest BCUT2D eigenvalue weighted by Crippen LogP contribution is 2.25. The van der Waals surface area contributed by atoms with Crippen LogP contribution in [0, 0.1) is 0 Å². The Balaban J connectivity index is 1.83. The standard InChI is InChI=1S/C20H35N3O4/c1-22-8-10-23(11-9-22)15-18(24)16-27-20-13-19(26-3)6-5-17(20)14-21-7-4-12-25-2/h5-6,13,18,21,24H,4,7-12,14-16H2,1-3H3/t18-/m0/s1. The molecule has 7 nitrogen and oxygen atoms in total. The van der Waals surface area contributed by atoms with Crippen molar-refractivity contribution in [1.29, 1.82) is 0 Å². The van der Waals surface area contributed by atoms with Crippen molar-refractivity contribution in [2.24, 2.45) is 0 Å². The summed E-state index contributed by atoms with van der Waals surface area (Å²) in [6.07, 6.45) is 0.453. The van der Waals surface area contributed by atoms with Gasteiger partial charge in [0.1, 0.15) is 24.2 Å². The summed E-state index contributed by atoms with van der Waals surface area (Å²) in [7, 11) is 5.48.